The average Bonchev–Trinajstić information content (AvgIpc) is 2.74. The van der Waals surface area contributed by atoms with Crippen LogP contribution in [0.2, 0.25) is 0 Å². The summed E-state index contributed by atoms with van der Waals surface area (Å²) in [6.07, 6.45) is 2.21. The van der Waals surface area contributed by atoms with Gasteiger partial charge in [-0.1, -0.05) is 6.92 Å². The molecule has 2 rings (SSSR count). The number of rotatable bonds is 5. The van der Waals surface area contributed by atoms with E-state index in [9.17, 15) is 0 Å². The van der Waals surface area contributed by atoms with Crippen molar-refractivity contribution in [3.63, 3.8) is 0 Å². The predicted octanol–water partition coefficient (Wildman–Crippen LogP) is 0.462. The van der Waals surface area contributed by atoms with Crippen LogP contribution in [0.4, 0.5) is 5.95 Å². The summed E-state index contributed by atoms with van der Waals surface area (Å²) in [7, 11) is 0. The van der Waals surface area contributed by atoms with Crippen LogP contribution in [-0.2, 0) is 11.5 Å². The quantitative estimate of drug-likeness (QED) is 0.801. The van der Waals surface area contributed by atoms with E-state index in [-0.39, 0.29) is 25.4 Å². The van der Waals surface area contributed by atoms with Crippen molar-refractivity contribution in [3.8, 4) is 0 Å². The smallest absolute Gasteiger partial charge is 0.222 e. The Labute approximate surface area is 105 Å². The molecule has 7 nitrogen and oxygen atoms in total. The van der Waals surface area contributed by atoms with Gasteiger partial charge in [-0.3, -0.25) is 4.57 Å². The van der Waals surface area contributed by atoms with Gasteiger partial charge in [0.2, 0.25) is 5.95 Å². The number of aryl methyl sites for hydroxylation is 1. The summed E-state index contributed by atoms with van der Waals surface area (Å²) in [5.41, 5.74) is 7.72. The van der Waals surface area contributed by atoms with Gasteiger partial charge in [-0.25, -0.2) is 9.97 Å². The highest BCUT2D eigenvalue weighted by Gasteiger charge is 2.11. The first-order chi connectivity index (χ1) is 8.65. The van der Waals surface area contributed by atoms with Crippen LogP contribution in [0.1, 0.15) is 19.0 Å². The highest BCUT2D eigenvalue weighted by atomic mass is 16.5. The molecule has 0 aliphatic carbocycles. The third-order valence-electron chi connectivity index (χ3n) is 2.76. The molecule has 0 bridgehead atoms. The standard InChI is InChI=1S/C11H17N5O2/c1-3-8(4-17)18-6-16-5-13-9-7(2)14-11(12)15-10(9)16/h5,8,17H,3-4,6H2,1-2H3,(H2,12,14,15). The molecule has 3 N–H and O–H groups in total. The molecule has 2 aromatic rings. The van der Waals surface area contributed by atoms with Crippen LogP contribution in [0.25, 0.3) is 11.2 Å². The summed E-state index contributed by atoms with van der Waals surface area (Å²) in [6, 6.07) is 0. The van der Waals surface area contributed by atoms with Gasteiger partial charge in [0.05, 0.1) is 24.7 Å². The Bertz CT molecular complexity index is 535. The van der Waals surface area contributed by atoms with E-state index in [2.05, 4.69) is 15.0 Å². The molecule has 1 unspecified atom stereocenters. The van der Waals surface area contributed by atoms with Crippen LogP contribution in [-0.4, -0.2) is 37.3 Å². The van der Waals surface area contributed by atoms with Gasteiger partial charge in [0, 0.05) is 0 Å². The normalized spacial score (nSPS) is 13.1. The molecule has 0 fully saturated rings. The maximum atomic E-state index is 9.06. The van der Waals surface area contributed by atoms with Crippen molar-refractivity contribution in [1.29, 1.82) is 0 Å². The monoisotopic (exact) mass is 251 g/mol. The maximum Gasteiger partial charge on any atom is 0.222 e. The van der Waals surface area contributed by atoms with E-state index >= 15 is 0 Å². The number of ether oxygens (including phenoxy) is 1. The molecule has 18 heavy (non-hydrogen) atoms. The Kier molecular flexibility index (Phi) is 3.73. The molecule has 2 aromatic heterocycles. The van der Waals surface area contributed by atoms with E-state index in [4.69, 9.17) is 15.6 Å². The number of nitrogens with two attached hydrogens (primary N) is 1. The zero-order valence-corrected chi connectivity index (χ0v) is 10.5. The number of nitrogens with zero attached hydrogens (tertiary/aromatic N) is 4. The van der Waals surface area contributed by atoms with Gasteiger partial charge in [-0.15, -0.1) is 0 Å². The summed E-state index contributed by atoms with van der Waals surface area (Å²) >= 11 is 0. The Morgan fingerprint density at radius 2 is 2.28 bits per heavy atom. The Hall–Kier alpha value is -1.73. The van der Waals surface area contributed by atoms with Crippen molar-refractivity contribution in [3.05, 3.63) is 12.0 Å². The summed E-state index contributed by atoms with van der Waals surface area (Å²) in [5, 5.41) is 9.06. The summed E-state index contributed by atoms with van der Waals surface area (Å²) in [4.78, 5) is 12.4. The number of aliphatic hydroxyl groups is 1. The first-order valence-electron chi connectivity index (χ1n) is 5.83. The van der Waals surface area contributed by atoms with Gasteiger partial charge in [-0.05, 0) is 13.3 Å². The van der Waals surface area contributed by atoms with E-state index in [0.29, 0.717) is 11.2 Å². The van der Waals surface area contributed by atoms with E-state index in [0.717, 1.165) is 12.1 Å². The molecule has 0 aliphatic heterocycles. The fourth-order valence-corrected chi connectivity index (χ4v) is 1.69. The lowest BCUT2D eigenvalue weighted by atomic mass is 10.3. The molecule has 0 saturated heterocycles. The van der Waals surface area contributed by atoms with Gasteiger partial charge in [0.1, 0.15) is 12.2 Å². The Morgan fingerprint density at radius 1 is 1.50 bits per heavy atom. The SMILES string of the molecule is CCC(CO)OCn1cnc2c(C)nc(N)nc21. The van der Waals surface area contributed by atoms with E-state index in [1.165, 1.54) is 0 Å². The zero-order valence-electron chi connectivity index (χ0n) is 10.5. The fourth-order valence-electron chi connectivity index (χ4n) is 1.69. The third kappa shape index (κ3) is 2.41. The van der Waals surface area contributed by atoms with Crippen molar-refractivity contribution in [2.45, 2.75) is 33.1 Å². The first kappa shape index (κ1) is 12.7. The van der Waals surface area contributed by atoms with Crippen molar-refractivity contribution in [2.24, 2.45) is 0 Å². The molecule has 0 radical (unpaired) electrons. The number of aliphatic hydroxyl groups excluding tert-OH is 1. The van der Waals surface area contributed by atoms with Gasteiger partial charge < -0.3 is 15.6 Å². The molecule has 98 valence electrons. The number of hydrogen-bond donors (Lipinski definition) is 2. The maximum absolute atomic E-state index is 9.06. The van der Waals surface area contributed by atoms with Gasteiger partial charge in [0.25, 0.3) is 0 Å². The van der Waals surface area contributed by atoms with Crippen LogP contribution in [0, 0.1) is 6.92 Å². The number of hydrogen-bond acceptors (Lipinski definition) is 6. The molecule has 0 aliphatic rings. The largest absolute Gasteiger partial charge is 0.394 e. The number of imidazole rings is 1. The Balaban J connectivity index is 2.24. The molecular weight excluding hydrogens is 234 g/mol. The molecule has 0 saturated carbocycles. The fraction of sp³-hybridized carbons (Fsp3) is 0.545. The minimum Gasteiger partial charge on any atom is -0.394 e. The van der Waals surface area contributed by atoms with Gasteiger partial charge >= 0.3 is 0 Å². The summed E-state index contributed by atoms with van der Waals surface area (Å²) < 4.78 is 7.29. The van der Waals surface area contributed by atoms with Crippen molar-refractivity contribution < 1.29 is 9.84 Å². The molecule has 0 spiro atoms. The number of nitrogen functional groups attached to an aromatic ring is 1. The van der Waals surface area contributed by atoms with Crippen LogP contribution >= 0.6 is 0 Å². The van der Waals surface area contributed by atoms with Crippen LogP contribution in [0.15, 0.2) is 6.33 Å². The topological polar surface area (TPSA) is 99.1 Å². The first-order valence-corrected chi connectivity index (χ1v) is 5.83. The summed E-state index contributed by atoms with van der Waals surface area (Å²) in [5.74, 6) is 0.218. The van der Waals surface area contributed by atoms with Crippen molar-refractivity contribution >= 4 is 17.1 Å². The average molecular weight is 251 g/mol. The lowest BCUT2D eigenvalue weighted by molar-refractivity contribution is -0.0238. The molecule has 1 atom stereocenters. The third-order valence-corrected chi connectivity index (χ3v) is 2.76. The second kappa shape index (κ2) is 5.28. The minimum absolute atomic E-state index is 0.000714. The Morgan fingerprint density at radius 3 is 2.94 bits per heavy atom. The van der Waals surface area contributed by atoms with Crippen molar-refractivity contribution in [2.75, 3.05) is 12.3 Å². The number of aromatic nitrogens is 4. The molecule has 7 heteroatoms. The van der Waals surface area contributed by atoms with Crippen molar-refractivity contribution in [1.82, 2.24) is 19.5 Å². The predicted molar refractivity (Wildman–Crippen MR) is 66.7 cm³/mol. The van der Waals surface area contributed by atoms with Gasteiger partial charge in [0.15, 0.2) is 5.65 Å². The lowest BCUT2D eigenvalue weighted by Crippen LogP contribution is -2.18. The molecule has 2 heterocycles. The van der Waals surface area contributed by atoms with Crippen LogP contribution in [0.3, 0.4) is 0 Å². The van der Waals surface area contributed by atoms with Crippen LogP contribution in [0.5, 0.6) is 0 Å². The minimum atomic E-state index is -0.178. The molecule has 0 aromatic carbocycles. The van der Waals surface area contributed by atoms with E-state index in [1.807, 2.05) is 13.8 Å². The zero-order chi connectivity index (χ0) is 13.1. The number of fused-ring (bicyclic) bond motifs is 1. The van der Waals surface area contributed by atoms with E-state index in [1.54, 1.807) is 10.9 Å². The molecule has 0 amide bonds. The lowest BCUT2D eigenvalue weighted by Gasteiger charge is -2.13. The number of anilines is 1. The molecular formula is C11H17N5O2. The van der Waals surface area contributed by atoms with Gasteiger partial charge in [-0.2, -0.15) is 4.98 Å². The van der Waals surface area contributed by atoms with Crippen LogP contribution < -0.4 is 5.73 Å². The van der Waals surface area contributed by atoms with E-state index < -0.39 is 0 Å². The second-order valence-corrected chi connectivity index (χ2v) is 4.06. The second-order valence-electron chi connectivity index (χ2n) is 4.06. The summed E-state index contributed by atoms with van der Waals surface area (Å²) in [6.45, 7) is 4.07. The highest BCUT2D eigenvalue weighted by molar-refractivity contribution is 5.74. The highest BCUT2D eigenvalue weighted by Crippen LogP contribution is 2.14.